The van der Waals surface area contributed by atoms with Gasteiger partial charge in [0.1, 0.15) is 18.2 Å². The first-order valence-electron chi connectivity index (χ1n) is 13.1. The molecule has 4 N–H and O–H groups in total. The van der Waals surface area contributed by atoms with Gasteiger partial charge in [0.15, 0.2) is 0 Å². The maximum Gasteiger partial charge on any atom is 0.533 e. The Morgan fingerprint density at radius 1 is 1.02 bits per heavy atom. The summed E-state index contributed by atoms with van der Waals surface area (Å²) in [5.74, 6) is -2.73. The van der Waals surface area contributed by atoms with Crippen LogP contribution in [0, 0.1) is 0 Å². The van der Waals surface area contributed by atoms with Gasteiger partial charge < -0.3 is 25.6 Å². The van der Waals surface area contributed by atoms with Crippen LogP contribution in [-0.4, -0.2) is 64.0 Å². The molecule has 0 radical (unpaired) electrons. The molecule has 2 atom stereocenters. The van der Waals surface area contributed by atoms with Crippen LogP contribution < -0.4 is 11.1 Å². The van der Waals surface area contributed by atoms with Crippen molar-refractivity contribution in [3.8, 4) is 11.1 Å². The predicted octanol–water partition coefficient (Wildman–Crippen LogP) is 3.25. The number of nitrogens with zero attached hydrogens (tertiary/aromatic N) is 1. The van der Waals surface area contributed by atoms with Crippen molar-refractivity contribution < 1.29 is 43.4 Å². The first-order valence-corrected chi connectivity index (χ1v) is 13.1. The summed E-state index contributed by atoms with van der Waals surface area (Å²) in [5.41, 5.74) is 8.12. The van der Waals surface area contributed by atoms with Crippen LogP contribution in [0.5, 0.6) is 0 Å². The average Bonchev–Trinajstić information content (AvgIpc) is 3.37. The van der Waals surface area contributed by atoms with Gasteiger partial charge in [-0.2, -0.15) is 0 Å². The minimum Gasteiger partial charge on any atom is -0.480 e. The van der Waals surface area contributed by atoms with Crippen molar-refractivity contribution in [3.63, 3.8) is 0 Å². The minimum absolute atomic E-state index is 0.0127. The molecule has 2 aliphatic rings. The number of nitrogens with one attached hydrogen (secondary N) is 1. The fraction of sp³-hybridized carbons (Fsp3) is 0.414. The molecule has 1 heterocycles. The lowest BCUT2D eigenvalue weighted by molar-refractivity contribution is -0.177. The minimum atomic E-state index is -1.32. The summed E-state index contributed by atoms with van der Waals surface area (Å²) in [5, 5.41) is 12.2. The van der Waals surface area contributed by atoms with Gasteiger partial charge in [-0.05, 0) is 55.5 Å². The molecule has 3 amide bonds. The van der Waals surface area contributed by atoms with E-state index in [1.54, 1.807) is 13.8 Å². The van der Waals surface area contributed by atoms with Crippen molar-refractivity contribution in [2.24, 2.45) is 5.73 Å². The standard InChI is InChI=1S/C29H33N3O9/c1-28(2,40-26(37)31-29(3,4)24(30)25(35)36)14-16-9-10-19-20(13-16)17-7-5-6-8-18(17)21(19)15-39-27(38)41-32-22(33)11-12-23(32)34/h5-10,13,21,24H,11-12,14-15,30H2,1-4H3,(H,31,37)(H,35,36). The quantitative estimate of drug-likeness (QED) is 0.301. The highest BCUT2D eigenvalue weighted by Gasteiger charge is 2.37. The summed E-state index contributed by atoms with van der Waals surface area (Å²) in [6.07, 6.45) is -1.60. The van der Waals surface area contributed by atoms with Gasteiger partial charge >= 0.3 is 18.2 Å². The number of ether oxygens (including phenoxy) is 2. The fourth-order valence-corrected chi connectivity index (χ4v) is 5.01. The number of aliphatic carboxylic acids is 1. The Kier molecular flexibility index (Phi) is 8.07. The normalized spacial score (nSPS) is 17.0. The Bertz CT molecular complexity index is 1390. The first-order chi connectivity index (χ1) is 19.2. The lowest BCUT2D eigenvalue weighted by atomic mass is 9.93. The van der Waals surface area contributed by atoms with E-state index in [2.05, 4.69) is 5.32 Å². The Morgan fingerprint density at radius 3 is 2.32 bits per heavy atom. The molecule has 1 aliphatic heterocycles. The third-order valence-electron chi connectivity index (χ3n) is 7.13. The van der Waals surface area contributed by atoms with Crippen molar-refractivity contribution in [1.82, 2.24) is 10.4 Å². The van der Waals surface area contributed by atoms with Crippen LogP contribution in [0.15, 0.2) is 42.5 Å². The number of carboxylic acid groups (broad SMARTS) is 1. The highest BCUT2D eigenvalue weighted by atomic mass is 16.8. The van der Waals surface area contributed by atoms with E-state index in [9.17, 15) is 29.1 Å². The number of amides is 3. The van der Waals surface area contributed by atoms with Crippen LogP contribution in [0.2, 0.25) is 0 Å². The molecule has 4 rings (SSSR count). The van der Waals surface area contributed by atoms with Crippen LogP contribution in [0.4, 0.5) is 9.59 Å². The summed E-state index contributed by atoms with van der Waals surface area (Å²) >= 11 is 0. The van der Waals surface area contributed by atoms with E-state index in [4.69, 9.17) is 20.0 Å². The number of carbonyl (C=O) groups is 5. The zero-order chi connectivity index (χ0) is 30.1. The number of carboxylic acids is 1. The van der Waals surface area contributed by atoms with Gasteiger partial charge in [0.2, 0.25) is 0 Å². The van der Waals surface area contributed by atoms with Gasteiger partial charge in [-0.3, -0.25) is 19.2 Å². The smallest absolute Gasteiger partial charge is 0.480 e. The van der Waals surface area contributed by atoms with E-state index in [0.717, 1.165) is 27.8 Å². The van der Waals surface area contributed by atoms with Gasteiger partial charge in [-0.15, -0.1) is 0 Å². The maximum absolute atomic E-state index is 12.6. The number of benzene rings is 2. The molecule has 2 aromatic carbocycles. The number of imide groups is 1. The second kappa shape index (κ2) is 11.2. The molecular weight excluding hydrogens is 534 g/mol. The molecule has 1 saturated heterocycles. The van der Waals surface area contributed by atoms with Crippen LogP contribution in [0.1, 0.15) is 63.1 Å². The summed E-state index contributed by atoms with van der Waals surface area (Å²) in [6, 6.07) is 12.2. The molecule has 218 valence electrons. The summed E-state index contributed by atoms with van der Waals surface area (Å²) in [6.45, 7) is 6.43. The third kappa shape index (κ3) is 6.49. The van der Waals surface area contributed by atoms with E-state index in [-0.39, 0.29) is 25.4 Å². The summed E-state index contributed by atoms with van der Waals surface area (Å²) < 4.78 is 10.9. The number of hydrogen-bond acceptors (Lipinski definition) is 9. The lowest BCUT2D eigenvalue weighted by Crippen LogP contribution is -2.60. The molecule has 0 bridgehead atoms. The molecule has 0 saturated carbocycles. The van der Waals surface area contributed by atoms with E-state index in [1.165, 1.54) is 13.8 Å². The van der Waals surface area contributed by atoms with Crippen molar-refractivity contribution in [1.29, 1.82) is 0 Å². The molecule has 0 aromatic heterocycles. The Morgan fingerprint density at radius 2 is 1.66 bits per heavy atom. The zero-order valence-electron chi connectivity index (χ0n) is 23.3. The van der Waals surface area contributed by atoms with Gasteiger partial charge in [0.05, 0.1) is 5.54 Å². The molecule has 0 spiro atoms. The van der Waals surface area contributed by atoms with Crippen LogP contribution in [0.3, 0.4) is 0 Å². The zero-order valence-corrected chi connectivity index (χ0v) is 23.3. The van der Waals surface area contributed by atoms with Crippen molar-refractivity contribution in [3.05, 3.63) is 59.2 Å². The molecule has 2 aromatic rings. The van der Waals surface area contributed by atoms with E-state index in [1.807, 2.05) is 42.5 Å². The molecule has 12 heteroatoms. The topological polar surface area (TPSA) is 175 Å². The third-order valence-corrected chi connectivity index (χ3v) is 7.13. The highest BCUT2D eigenvalue weighted by molar-refractivity contribution is 6.01. The summed E-state index contributed by atoms with van der Waals surface area (Å²) in [7, 11) is 0. The monoisotopic (exact) mass is 567 g/mol. The molecule has 1 aliphatic carbocycles. The average molecular weight is 568 g/mol. The lowest BCUT2D eigenvalue weighted by Gasteiger charge is -2.32. The first kappa shape index (κ1) is 29.5. The Balaban J connectivity index is 1.45. The van der Waals surface area contributed by atoms with Crippen LogP contribution in [-0.2, 0) is 35.1 Å². The van der Waals surface area contributed by atoms with Gasteiger partial charge in [0, 0.05) is 25.2 Å². The van der Waals surface area contributed by atoms with Gasteiger partial charge in [-0.1, -0.05) is 47.5 Å². The maximum atomic E-state index is 12.6. The fourth-order valence-electron chi connectivity index (χ4n) is 5.01. The molecular formula is C29H33N3O9. The summed E-state index contributed by atoms with van der Waals surface area (Å²) in [4.78, 5) is 64.4. The number of hydrogen-bond donors (Lipinski definition) is 3. The molecule has 12 nitrogen and oxygen atoms in total. The van der Waals surface area contributed by atoms with E-state index < -0.39 is 47.2 Å². The molecule has 41 heavy (non-hydrogen) atoms. The van der Waals surface area contributed by atoms with Crippen molar-refractivity contribution >= 4 is 30.0 Å². The molecule has 1 fully saturated rings. The second-order valence-electron chi connectivity index (χ2n) is 11.3. The number of carbonyl (C=O) groups excluding carboxylic acids is 4. The molecule has 2 unspecified atom stereocenters. The number of nitrogens with two attached hydrogens (primary N) is 1. The largest absolute Gasteiger partial charge is 0.533 e. The Hall–Kier alpha value is -4.45. The van der Waals surface area contributed by atoms with E-state index >= 15 is 0 Å². The number of alkyl carbamates (subject to hydrolysis) is 1. The predicted molar refractivity (Wildman–Crippen MR) is 144 cm³/mol. The highest BCUT2D eigenvalue weighted by Crippen LogP contribution is 2.45. The second-order valence-corrected chi connectivity index (χ2v) is 11.3. The van der Waals surface area contributed by atoms with Crippen molar-refractivity contribution in [2.45, 2.75) is 70.1 Å². The van der Waals surface area contributed by atoms with Crippen LogP contribution >= 0.6 is 0 Å². The number of fused-ring (bicyclic) bond motifs is 3. The van der Waals surface area contributed by atoms with Crippen molar-refractivity contribution in [2.75, 3.05) is 6.61 Å². The Labute approximate surface area is 236 Å². The number of rotatable bonds is 9. The van der Waals surface area contributed by atoms with Gasteiger partial charge in [-0.25, -0.2) is 9.59 Å². The SMILES string of the molecule is CC(C)(Cc1ccc2c(c1)-c1ccccc1C2COC(=O)ON1C(=O)CCC1=O)OC(=O)NC(C)(C)C(N)C(=O)O. The number of hydroxylamine groups is 2. The van der Waals surface area contributed by atoms with E-state index in [0.29, 0.717) is 11.5 Å². The van der Waals surface area contributed by atoms with Crippen LogP contribution in [0.25, 0.3) is 11.1 Å². The van der Waals surface area contributed by atoms with Gasteiger partial charge in [0.25, 0.3) is 11.8 Å².